The van der Waals surface area contributed by atoms with Gasteiger partial charge in [0.25, 0.3) is 0 Å². The highest BCUT2D eigenvalue weighted by Crippen LogP contribution is 2.31. The van der Waals surface area contributed by atoms with Crippen LogP contribution in [0.15, 0.2) is 83.5 Å². The van der Waals surface area contributed by atoms with Crippen LogP contribution in [0, 0.1) is 0 Å². The summed E-state index contributed by atoms with van der Waals surface area (Å²) in [6.45, 7) is 2.09. The van der Waals surface area contributed by atoms with E-state index in [-0.39, 0.29) is 11.8 Å². The maximum Gasteiger partial charge on any atom is 0.338 e. The molecule has 0 atom stereocenters. The molecule has 144 valence electrons. The molecule has 0 N–H and O–H groups in total. The van der Waals surface area contributed by atoms with Crippen LogP contribution in [-0.4, -0.2) is 22.8 Å². The van der Waals surface area contributed by atoms with Crippen LogP contribution in [0.1, 0.15) is 33.3 Å². The number of pyridine rings is 1. The molecule has 0 fully saturated rings. The fraction of sp³-hybridized carbons (Fsp3) is 0.0833. The number of ketones is 1. The summed E-state index contributed by atoms with van der Waals surface area (Å²) < 4.78 is 7.90. The van der Waals surface area contributed by atoms with Crippen LogP contribution < -0.4 is 0 Å². The first kappa shape index (κ1) is 19.2. The Bertz CT molecular complexity index is 1190. The third kappa shape index (κ3) is 3.74. The quantitative estimate of drug-likeness (QED) is 0.288. The molecule has 0 spiro atoms. The smallest absolute Gasteiger partial charge is 0.338 e. The molecule has 4 nitrogen and oxygen atoms in total. The molecule has 0 aliphatic carbocycles. The lowest BCUT2D eigenvalue weighted by Crippen LogP contribution is -2.08. The van der Waals surface area contributed by atoms with E-state index in [1.807, 2.05) is 52.9 Å². The molecule has 4 aromatic rings. The Balaban J connectivity index is 1.92. The Hall–Kier alpha value is -3.18. The Morgan fingerprint density at radius 3 is 2.34 bits per heavy atom. The van der Waals surface area contributed by atoms with Crippen LogP contribution >= 0.6 is 15.9 Å². The average Bonchev–Trinajstić information content (AvgIpc) is 3.13. The highest BCUT2D eigenvalue weighted by molar-refractivity contribution is 9.10. The zero-order valence-corrected chi connectivity index (χ0v) is 17.3. The van der Waals surface area contributed by atoms with Gasteiger partial charge in [0.05, 0.1) is 12.2 Å². The first-order chi connectivity index (χ1) is 14.1. The topological polar surface area (TPSA) is 47.8 Å². The number of ether oxygens (including phenoxy) is 1. The molecule has 5 heteroatoms. The number of hydrogen-bond donors (Lipinski definition) is 0. The summed E-state index contributed by atoms with van der Waals surface area (Å²) in [6, 6.07) is 22.4. The second kappa shape index (κ2) is 8.05. The zero-order valence-electron chi connectivity index (χ0n) is 15.8. The first-order valence-electron chi connectivity index (χ1n) is 9.26. The van der Waals surface area contributed by atoms with Crippen LogP contribution in [0.2, 0.25) is 0 Å². The summed E-state index contributed by atoms with van der Waals surface area (Å²) in [5, 5.41) is 0. The number of benzene rings is 2. The number of halogens is 1. The minimum atomic E-state index is -0.377. The summed E-state index contributed by atoms with van der Waals surface area (Å²) >= 11 is 3.45. The normalized spacial score (nSPS) is 10.8. The number of fused-ring (bicyclic) bond motifs is 1. The van der Waals surface area contributed by atoms with Gasteiger partial charge in [0.1, 0.15) is 5.69 Å². The molecule has 0 radical (unpaired) electrons. The van der Waals surface area contributed by atoms with Gasteiger partial charge in [0.15, 0.2) is 0 Å². The number of esters is 1. The van der Waals surface area contributed by atoms with Crippen LogP contribution in [-0.2, 0) is 4.74 Å². The van der Waals surface area contributed by atoms with Crippen molar-refractivity contribution in [3.63, 3.8) is 0 Å². The van der Waals surface area contributed by atoms with E-state index in [4.69, 9.17) is 4.74 Å². The number of nitrogens with zero attached hydrogens (tertiary/aromatic N) is 1. The van der Waals surface area contributed by atoms with Crippen molar-refractivity contribution in [3.05, 3.63) is 100 Å². The van der Waals surface area contributed by atoms with Gasteiger partial charge in [0, 0.05) is 27.3 Å². The van der Waals surface area contributed by atoms with Crippen molar-refractivity contribution in [2.75, 3.05) is 6.61 Å². The highest BCUT2D eigenvalue weighted by atomic mass is 79.9. The molecule has 29 heavy (non-hydrogen) atoms. The third-order valence-corrected chi connectivity index (χ3v) is 5.22. The maximum atomic E-state index is 13.4. The van der Waals surface area contributed by atoms with Crippen molar-refractivity contribution < 1.29 is 14.3 Å². The molecule has 2 aromatic carbocycles. The molecule has 0 unspecified atom stereocenters. The summed E-state index contributed by atoms with van der Waals surface area (Å²) in [5.41, 5.74) is 4.12. The Morgan fingerprint density at radius 1 is 0.931 bits per heavy atom. The van der Waals surface area contributed by atoms with E-state index >= 15 is 0 Å². The standard InChI is InChI=1S/C24H18BrNO3/c1-2-29-24(28)18-12-13-26-20(14-18)15-21(16-8-10-19(25)11-9-16)22(26)23(27)17-6-4-3-5-7-17/h3-15H,2H2,1H3. The highest BCUT2D eigenvalue weighted by Gasteiger charge is 2.21. The van der Waals surface area contributed by atoms with Gasteiger partial charge >= 0.3 is 5.97 Å². The second-order valence-corrected chi connectivity index (χ2v) is 7.46. The fourth-order valence-electron chi connectivity index (χ4n) is 3.33. The van der Waals surface area contributed by atoms with Crippen LogP contribution in [0.25, 0.3) is 16.6 Å². The lowest BCUT2D eigenvalue weighted by atomic mass is 10.0. The number of aromatic nitrogens is 1. The van der Waals surface area contributed by atoms with Gasteiger partial charge in [-0.2, -0.15) is 0 Å². The number of rotatable bonds is 5. The molecule has 0 saturated carbocycles. The average molecular weight is 448 g/mol. The number of carbonyl (C=O) groups excluding carboxylic acids is 2. The van der Waals surface area contributed by atoms with Crippen LogP contribution in [0.4, 0.5) is 0 Å². The van der Waals surface area contributed by atoms with E-state index in [0.29, 0.717) is 23.4 Å². The molecular formula is C24H18BrNO3. The van der Waals surface area contributed by atoms with Gasteiger partial charge < -0.3 is 9.14 Å². The lowest BCUT2D eigenvalue weighted by molar-refractivity contribution is 0.0526. The van der Waals surface area contributed by atoms with Crippen molar-refractivity contribution in [1.82, 2.24) is 4.40 Å². The van der Waals surface area contributed by atoms with Crippen molar-refractivity contribution >= 4 is 33.2 Å². The molecule has 0 aliphatic heterocycles. The molecule has 2 heterocycles. The predicted molar refractivity (Wildman–Crippen MR) is 116 cm³/mol. The van der Waals surface area contributed by atoms with E-state index < -0.39 is 0 Å². The molecule has 0 saturated heterocycles. The summed E-state index contributed by atoms with van der Waals surface area (Å²) in [7, 11) is 0. The number of hydrogen-bond acceptors (Lipinski definition) is 3. The molecule has 4 rings (SSSR count). The number of carbonyl (C=O) groups is 2. The van der Waals surface area contributed by atoms with Crippen molar-refractivity contribution in [1.29, 1.82) is 0 Å². The van der Waals surface area contributed by atoms with Gasteiger partial charge in [0.2, 0.25) is 5.78 Å². The Labute approximate surface area is 176 Å². The van der Waals surface area contributed by atoms with Gasteiger partial charge in [-0.05, 0) is 42.8 Å². The van der Waals surface area contributed by atoms with Crippen LogP contribution in [0.3, 0.4) is 0 Å². The van der Waals surface area contributed by atoms with Gasteiger partial charge in [-0.1, -0.05) is 58.4 Å². The second-order valence-electron chi connectivity index (χ2n) is 6.54. The molecule has 2 aromatic heterocycles. The molecule has 0 amide bonds. The zero-order chi connectivity index (χ0) is 20.4. The monoisotopic (exact) mass is 447 g/mol. The Kier molecular flexibility index (Phi) is 5.32. The van der Waals surface area contributed by atoms with Crippen LogP contribution in [0.5, 0.6) is 0 Å². The van der Waals surface area contributed by atoms with Crippen molar-refractivity contribution in [2.45, 2.75) is 6.92 Å². The van der Waals surface area contributed by atoms with Gasteiger partial charge in [-0.15, -0.1) is 0 Å². The SMILES string of the molecule is CCOC(=O)c1ccn2c(C(=O)c3ccccc3)c(-c3ccc(Br)cc3)cc2c1. The minimum Gasteiger partial charge on any atom is -0.462 e. The van der Waals surface area contributed by atoms with Gasteiger partial charge in [-0.3, -0.25) is 4.79 Å². The van der Waals surface area contributed by atoms with Gasteiger partial charge in [-0.25, -0.2) is 4.79 Å². The predicted octanol–water partition coefficient (Wildman–Crippen LogP) is 5.78. The summed E-state index contributed by atoms with van der Waals surface area (Å²) in [6.07, 6.45) is 1.75. The van der Waals surface area contributed by atoms with E-state index in [1.165, 1.54) is 0 Å². The summed E-state index contributed by atoms with van der Waals surface area (Å²) in [5.74, 6) is -0.454. The molecular weight excluding hydrogens is 430 g/mol. The first-order valence-corrected chi connectivity index (χ1v) is 10.1. The Morgan fingerprint density at radius 2 is 1.66 bits per heavy atom. The fourth-order valence-corrected chi connectivity index (χ4v) is 3.59. The van der Waals surface area contributed by atoms with Crippen molar-refractivity contribution in [3.8, 4) is 11.1 Å². The molecule has 0 bridgehead atoms. The lowest BCUT2D eigenvalue weighted by Gasteiger charge is -2.08. The third-order valence-electron chi connectivity index (χ3n) is 4.69. The van der Waals surface area contributed by atoms with Crippen molar-refractivity contribution in [2.24, 2.45) is 0 Å². The van der Waals surface area contributed by atoms with E-state index in [9.17, 15) is 9.59 Å². The summed E-state index contributed by atoms with van der Waals surface area (Å²) in [4.78, 5) is 25.5. The minimum absolute atomic E-state index is 0.0765. The maximum absolute atomic E-state index is 13.4. The largest absolute Gasteiger partial charge is 0.462 e. The molecule has 0 aliphatic rings. The van der Waals surface area contributed by atoms with E-state index in [0.717, 1.165) is 21.1 Å². The van der Waals surface area contributed by atoms with E-state index in [1.54, 1.807) is 37.4 Å². The van der Waals surface area contributed by atoms with E-state index in [2.05, 4.69) is 15.9 Å².